The van der Waals surface area contributed by atoms with Gasteiger partial charge < -0.3 is 15.0 Å². The van der Waals surface area contributed by atoms with E-state index in [1.165, 1.54) is 24.3 Å². The fourth-order valence-electron chi connectivity index (χ4n) is 2.18. The van der Waals surface area contributed by atoms with Gasteiger partial charge in [-0.1, -0.05) is 0 Å². The third-order valence-corrected chi connectivity index (χ3v) is 4.45. The zero-order valence-corrected chi connectivity index (χ0v) is 14.2. The molecular formula is C15H30N2O2S. The monoisotopic (exact) mass is 302 g/mol. The lowest BCUT2D eigenvalue weighted by Gasteiger charge is -2.27. The van der Waals surface area contributed by atoms with Gasteiger partial charge in [-0.05, 0) is 59.3 Å². The molecule has 5 heteroatoms. The number of amides is 1. The number of hydrogen-bond acceptors (Lipinski definition) is 4. The maximum atomic E-state index is 12.0. The number of nitrogens with one attached hydrogen (secondary N) is 1. The van der Waals surface area contributed by atoms with Crippen molar-refractivity contribution in [1.82, 2.24) is 10.2 Å². The predicted molar refractivity (Wildman–Crippen MR) is 86.4 cm³/mol. The first-order chi connectivity index (χ1) is 9.42. The molecular weight excluding hydrogens is 272 g/mol. The van der Waals surface area contributed by atoms with Gasteiger partial charge >= 0.3 is 6.09 Å². The molecule has 1 rings (SSSR count). The minimum atomic E-state index is -0.415. The lowest BCUT2D eigenvalue weighted by molar-refractivity contribution is 0.0258. The summed E-state index contributed by atoms with van der Waals surface area (Å²) in [6.07, 6.45) is 3.39. The second-order valence-electron chi connectivity index (χ2n) is 6.28. The summed E-state index contributed by atoms with van der Waals surface area (Å²) in [5.74, 6) is 2.53. The number of thioether (sulfide) groups is 1. The van der Waals surface area contributed by atoms with E-state index < -0.39 is 5.60 Å². The molecule has 1 fully saturated rings. The van der Waals surface area contributed by atoms with Crippen LogP contribution in [-0.4, -0.2) is 53.8 Å². The smallest absolute Gasteiger partial charge is 0.410 e. The largest absolute Gasteiger partial charge is 0.444 e. The summed E-state index contributed by atoms with van der Waals surface area (Å²) >= 11 is 2.04. The van der Waals surface area contributed by atoms with E-state index >= 15 is 0 Å². The number of nitrogens with zero attached hydrogens (tertiary/aromatic N) is 1. The molecule has 0 bridgehead atoms. The quantitative estimate of drug-likeness (QED) is 0.766. The number of rotatable bonds is 6. The van der Waals surface area contributed by atoms with Crippen molar-refractivity contribution in [3.8, 4) is 0 Å². The van der Waals surface area contributed by atoms with Crippen molar-refractivity contribution in [2.24, 2.45) is 0 Å². The molecule has 1 aliphatic heterocycles. The Balaban J connectivity index is 2.18. The second-order valence-corrected chi connectivity index (χ2v) is 7.43. The molecule has 0 aliphatic carbocycles. The van der Waals surface area contributed by atoms with Crippen LogP contribution in [0.4, 0.5) is 4.79 Å². The van der Waals surface area contributed by atoms with Gasteiger partial charge in [-0.3, -0.25) is 0 Å². The Labute approximate surface area is 128 Å². The molecule has 1 amide bonds. The van der Waals surface area contributed by atoms with Crippen LogP contribution >= 0.6 is 11.8 Å². The standard InChI is InChI=1S/C15H30N2O2S/c1-5-17(14(18)19-15(2,3)4)10-7-9-16-13-8-6-11-20-12-13/h13,16H,5-12H2,1-4H3. The zero-order valence-electron chi connectivity index (χ0n) is 13.4. The van der Waals surface area contributed by atoms with E-state index in [1.54, 1.807) is 4.90 Å². The summed E-state index contributed by atoms with van der Waals surface area (Å²) in [5, 5.41) is 3.59. The maximum absolute atomic E-state index is 12.0. The Morgan fingerprint density at radius 1 is 1.45 bits per heavy atom. The topological polar surface area (TPSA) is 41.6 Å². The fraction of sp³-hybridized carbons (Fsp3) is 0.933. The van der Waals surface area contributed by atoms with Crippen LogP contribution in [0.3, 0.4) is 0 Å². The molecule has 1 aliphatic rings. The first-order valence-electron chi connectivity index (χ1n) is 7.71. The van der Waals surface area contributed by atoms with Crippen LogP contribution in [0.25, 0.3) is 0 Å². The summed E-state index contributed by atoms with van der Waals surface area (Å²) in [4.78, 5) is 13.7. The number of hydrogen-bond donors (Lipinski definition) is 1. The lowest BCUT2D eigenvalue weighted by Crippen LogP contribution is -2.39. The van der Waals surface area contributed by atoms with E-state index in [2.05, 4.69) is 5.32 Å². The van der Waals surface area contributed by atoms with Gasteiger partial charge in [-0.2, -0.15) is 11.8 Å². The van der Waals surface area contributed by atoms with Crippen molar-refractivity contribution in [1.29, 1.82) is 0 Å². The van der Waals surface area contributed by atoms with Gasteiger partial charge in [0.2, 0.25) is 0 Å². The molecule has 1 N–H and O–H groups in total. The molecule has 0 aromatic rings. The summed E-state index contributed by atoms with van der Waals surface area (Å²) in [7, 11) is 0. The number of carbonyl (C=O) groups excluding carboxylic acids is 1. The highest BCUT2D eigenvalue weighted by molar-refractivity contribution is 7.99. The van der Waals surface area contributed by atoms with Crippen LogP contribution in [0.15, 0.2) is 0 Å². The van der Waals surface area contributed by atoms with Crippen molar-refractivity contribution < 1.29 is 9.53 Å². The van der Waals surface area contributed by atoms with Crippen LogP contribution in [0, 0.1) is 0 Å². The van der Waals surface area contributed by atoms with Crippen molar-refractivity contribution in [2.45, 2.75) is 58.6 Å². The third-order valence-electron chi connectivity index (χ3n) is 3.23. The highest BCUT2D eigenvalue weighted by Crippen LogP contribution is 2.16. The normalized spacial score (nSPS) is 19.7. The Bertz CT molecular complexity index is 286. The van der Waals surface area contributed by atoms with Crippen LogP contribution in [0.2, 0.25) is 0 Å². The van der Waals surface area contributed by atoms with E-state index in [1.807, 2.05) is 39.5 Å². The first kappa shape index (κ1) is 17.6. The molecule has 4 nitrogen and oxygen atoms in total. The van der Waals surface area contributed by atoms with E-state index in [0.717, 1.165) is 19.5 Å². The van der Waals surface area contributed by atoms with Crippen molar-refractivity contribution in [3.05, 3.63) is 0 Å². The molecule has 0 radical (unpaired) electrons. The van der Waals surface area contributed by atoms with Gasteiger partial charge in [0.05, 0.1) is 0 Å². The molecule has 20 heavy (non-hydrogen) atoms. The van der Waals surface area contributed by atoms with Gasteiger partial charge in [-0.25, -0.2) is 4.79 Å². The maximum Gasteiger partial charge on any atom is 0.410 e. The second kappa shape index (κ2) is 8.78. The van der Waals surface area contributed by atoms with Gasteiger partial charge in [0.1, 0.15) is 5.60 Å². The molecule has 1 atom stereocenters. The van der Waals surface area contributed by atoms with E-state index in [4.69, 9.17) is 4.74 Å². The average molecular weight is 302 g/mol. The molecule has 118 valence electrons. The molecule has 0 aromatic carbocycles. The molecule has 0 spiro atoms. The van der Waals surface area contributed by atoms with Crippen LogP contribution < -0.4 is 5.32 Å². The van der Waals surface area contributed by atoms with Crippen LogP contribution in [-0.2, 0) is 4.74 Å². The van der Waals surface area contributed by atoms with Gasteiger partial charge in [0, 0.05) is 24.9 Å². The highest BCUT2D eigenvalue weighted by Gasteiger charge is 2.20. The Kier molecular flexibility index (Phi) is 7.74. The third kappa shape index (κ3) is 7.39. The molecule has 1 unspecified atom stereocenters. The number of ether oxygens (including phenoxy) is 1. The fourth-order valence-corrected chi connectivity index (χ4v) is 3.29. The van der Waals surface area contributed by atoms with Gasteiger partial charge in [0.25, 0.3) is 0 Å². The minimum Gasteiger partial charge on any atom is -0.444 e. The van der Waals surface area contributed by atoms with Gasteiger partial charge in [-0.15, -0.1) is 0 Å². The predicted octanol–water partition coefficient (Wildman–Crippen LogP) is 3.12. The van der Waals surface area contributed by atoms with Crippen molar-refractivity contribution in [2.75, 3.05) is 31.1 Å². The molecule has 0 aromatic heterocycles. The Morgan fingerprint density at radius 2 is 2.20 bits per heavy atom. The SMILES string of the molecule is CCN(CCCNC1CCCSC1)C(=O)OC(C)(C)C. The first-order valence-corrected chi connectivity index (χ1v) is 8.87. The van der Waals surface area contributed by atoms with Crippen molar-refractivity contribution in [3.63, 3.8) is 0 Å². The molecule has 0 saturated carbocycles. The Hall–Kier alpha value is -0.420. The van der Waals surface area contributed by atoms with E-state index in [-0.39, 0.29) is 6.09 Å². The van der Waals surface area contributed by atoms with E-state index in [9.17, 15) is 4.79 Å². The average Bonchev–Trinajstić information content (AvgIpc) is 2.38. The summed E-state index contributed by atoms with van der Waals surface area (Å²) in [5.41, 5.74) is -0.415. The molecule has 1 heterocycles. The minimum absolute atomic E-state index is 0.201. The van der Waals surface area contributed by atoms with Crippen LogP contribution in [0.1, 0.15) is 47.0 Å². The molecule has 1 saturated heterocycles. The lowest BCUT2D eigenvalue weighted by atomic mass is 10.2. The van der Waals surface area contributed by atoms with Crippen molar-refractivity contribution >= 4 is 17.9 Å². The Morgan fingerprint density at radius 3 is 2.75 bits per heavy atom. The van der Waals surface area contributed by atoms with Gasteiger partial charge in [0.15, 0.2) is 0 Å². The van der Waals surface area contributed by atoms with Crippen LogP contribution in [0.5, 0.6) is 0 Å². The summed E-state index contributed by atoms with van der Waals surface area (Å²) < 4.78 is 5.40. The number of carbonyl (C=O) groups is 1. The summed E-state index contributed by atoms with van der Waals surface area (Å²) in [6, 6.07) is 0.658. The highest BCUT2D eigenvalue weighted by atomic mass is 32.2. The summed E-state index contributed by atoms with van der Waals surface area (Å²) in [6.45, 7) is 10.1. The van der Waals surface area contributed by atoms with E-state index in [0.29, 0.717) is 12.6 Å². The zero-order chi connectivity index (χ0) is 15.0.